The molecule has 1 N–H and O–H groups in total. The lowest BCUT2D eigenvalue weighted by atomic mass is 10.0. The Balaban J connectivity index is 1.87. The highest BCUT2D eigenvalue weighted by molar-refractivity contribution is 6.11. The van der Waals surface area contributed by atoms with E-state index in [-0.39, 0.29) is 6.17 Å². The Morgan fingerprint density at radius 2 is 2.08 bits per heavy atom. The van der Waals surface area contributed by atoms with Crippen molar-refractivity contribution in [2.24, 2.45) is 4.99 Å². The number of aryl methyl sites for hydroxylation is 1. The molecule has 1 aromatic carbocycles. The van der Waals surface area contributed by atoms with Crippen molar-refractivity contribution in [1.29, 1.82) is 0 Å². The molecule has 0 spiro atoms. The molecule has 1 aromatic heterocycles. The molecule has 124 valence electrons. The van der Waals surface area contributed by atoms with Gasteiger partial charge in [-0.25, -0.2) is 0 Å². The largest absolute Gasteiger partial charge is 0.494 e. The number of pyridine rings is 1. The molecule has 4 nitrogen and oxygen atoms in total. The number of aliphatic imine (C=N–C) groups is 1. The van der Waals surface area contributed by atoms with Crippen LogP contribution < -0.4 is 10.1 Å². The van der Waals surface area contributed by atoms with Gasteiger partial charge in [0.1, 0.15) is 11.9 Å². The maximum Gasteiger partial charge on any atom is 0.146 e. The van der Waals surface area contributed by atoms with Crippen LogP contribution in [0.5, 0.6) is 5.75 Å². The molecule has 3 rings (SSSR count). The first kappa shape index (κ1) is 16.4. The van der Waals surface area contributed by atoms with Crippen molar-refractivity contribution in [3.8, 4) is 5.75 Å². The second-order valence-corrected chi connectivity index (χ2v) is 6.17. The van der Waals surface area contributed by atoms with E-state index in [1.54, 1.807) is 19.5 Å². The summed E-state index contributed by atoms with van der Waals surface area (Å²) in [7, 11) is 1.66. The molecule has 1 saturated heterocycles. The van der Waals surface area contributed by atoms with Crippen LogP contribution in [0, 0.1) is 6.92 Å². The van der Waals surface area contributed by atoms with E-state index in [1.165, 1.54) is 16.7 Å². The van der Waals surface area contributed by atoms with Gasteiger partial charge in [-0.15, -0.1) is 0 Å². The van der Waals surface area contributed by atoms with Crippen LogP contribution in [0.2, 0.25) is 0 Å². The van der Waals surface area contributed by atoms with Gasteiger partial charge in [0.05, 0.1) is 19.0 Å². The maximum absolute atomic E-state index is 5.45. The summed E-state index contributed by atoms with van der Waals surface area (Å²) in [5.41, 5.74) is 5.76. The van der Waals surface area contributed by atoms with Crippen molar-refractivity contribution in [3.05, 3.63) is 71.1 Å². The monoisotopic (exact) mass is 321 g/mol. The summed E-state index contributed by atoms with van der Waals surface area (Å²) in [6, 6.07) is 10.6. The lowest BCUT2D eigenvalue weighted by Gasteiger charge is -2.09. The lowest BCUT2D eigenvalue weighted by molar-refractivity contribution is 0.412. The number of ether oxygens (including phenoxy) is 1. The predicted molar refractivity (Wildman–Crippen MR) is 97.8 cm³/mol. The zero-order valence-electron chi connectivity index (χ0n) is 14.4. The van der Waals surface area contributed by atoms with Crippen LogP contribution >= 0.6 is 0 Å². The molecule has 1 aliphatic heterocycles. The van der Waals surface area contributed by atoms with Gasteiger partial charge in [0, 0.05) is 18.3 Å². The Labute approximate surface area is 143 Å². The van der Waals surface area contributed by atoms with Gasteiger partial charge in [0.25, 0.3) is 0 Å². The van der Waals surface area contributed by atoms with E-state index in [1.807, 2.05) is 6.07 Å². The highest BCUT2D eigenvalue weighted by Gasteiger charge is 2.20. The number of nitrogens with zero attached hydrogens (tertiary/aromatic N) is 2. The van der Waals surface area contributed by atoms with Crippen molar-refractivity contribution in [3.63, 3.8) is 0 Å². The third-order valence-corrected chi connectivity index (χ3v) is 3.95. The lowest BCUT2D eigenvalue weighted by Crippen LogP contribution is -2.05. The highest BCUT2D eigenvalue weighted by Crippen LogP contribution is 2.20. The Bertz CT molecular complexity index is 759. The molecule has 0 saturated carbocycles. The van der Waals surface area contributed by atoms with Crippen LogP contribution in [0.25, 0.3) is 0 Å². The van der Waals surface area contributed by atoms with Crippen molar-refractivity contribution in [2.75, 3.05) is 13.7 Å². The third kappa shape index (κ3) is 4.30. The Morgan fingerprint density at radius 3 is 2.75 bits per heavy atom. The number of allylic oxidation sites excluding steroid dienone is 2. The maximum atomic E-state index is 5.45. The van der Waals surface area contributed by atoms with E-state index in [4.69, 9.17) is 9.73 Å². The first-order valence-electron chi connectivity index (χ1n) is 8.18. The standard InChI is InChI=1S/C20H23N3O/c1-14-4-6-16(7-5-14)10-15(2)11-18(23-20-13-22-20)17-8-9-21-12-19(17)24-3/h4-9,11-12,20,22H,10,13H2,1-3H3/b15-11+,23-18+. The van der Waals surface area contributed by atoms with Crippen LogP contribution in [0.3, 0.4) is 0 Å². The van der Waals surface area contributed by atoms with Gasteiger partial charge in [-0.3, -0.25) is 15.3 Å². The van der Waals surface area contributed by atoms with E-state index in [0.29, 0.717) is 0 Å². The molecule has 2 heterocycles. The molecule has 1 unspecified atom stereocenters. The van der Waals surface area contributed by atoms with Crippen LogP contribution in [0.4, 0.5) is 0 Å². The highest BCUT2D eigenvalue weighted by atomic mass is 16.5. The molecular weight excluding hydrogens is 298 g/mol. The van der Waals surface area contributed by atoms with Crippen molar-refractivity contribution < 1.29 is 4.74 Å². The fourth-order valence-corrected chi connectivity index (χ4v) is 2.56. The van der Waals surface area contributed by atoms with E-state index < -0.39 is 0 Å². The van der Waals surface area contributed by atoms with Crippen LogP contribution in [0.15, 0.2) is 59.4 Å². The second kappa shape index (κ2) is 7.41. The Hall–Kier alpha value is -2.46. The normalized spacial score (nSPS) is 17.7. The summed E-state index contributed by atoms with van der Waals surface area (Å²) in [6.45, 7) is 5.18. The smallest absolute Gasteiger partial charge is 0.146 e. The quantitative estimate of drug-likeness (QED) is 0.656. The molecule has 1 fully saturated rings. The fourth-order valence-electron chi connectivity index (χ4n) is 2.56. The zero-order chi connectivity index (χ0) is 16.9. The number of nitrogens with one attached hydrogen (secondary N) is 1. The van der Waals surface area contributed by atoms with Crippen molar-refractivity contribution in [1.82, 2.24) is 10.3 Å². The minimum Gasteiger partial charge on any atom is -0.494 e. The summed E-state index contributed by atoms with van der Waals surface area (Å²) in [4.78, 5) is 8.92. The van der Waals surface area contributed by atoms with Gasteiger partial charge in [-0.05, 0) is 38.0 Å². The van der Waals surface area contributed by atoms with Crippen LogP contribution in [-0.4, -0.2) is 30.5 Å². The average Bonchev–Trinajstić information content (AvgIpc) is 3.40. The number of benzene rings is 1. The number of hydrogen-bond donors (Lipinski definition) is 1. The number of hydrogen-bond acceptors (Lipinski definition) is 4. The van der Waals surface area contributed by atoms with Gasteiger partial charge >= 0.3 is 0 Å². The number of aromatic nitrogens is 1. The van der Waals surface area contributed by atoms with Gasteiger partial charge in [-0.2, -0.15) is 0 Å². The van der Waals surface area contributed by atoms with E-state index >= 15 is 0 Å². The van der Waals surface area contributed by atoms with Crippen LogP contribution in [0.1, 0.15) is 23.6 Å². The molecular formula is C20H23N3O. The molecule has 0 amide bonds. The molecule has 0 radical (unpaired) electrons. The Kier molecular flexibility index (Phi) is 5.06. The van der Waals surface area contributed by atoms with Gasteiger partial charge < -0.3 is 4.74 Å². The van der Waals surface area contributed by atoms with Gasteiger partial charge in [0.2, 0.25) is 0 Å². The molecule has 1 atom stereocenters. The average molecular weight is 321 g/mol. The summed E-state index contributed by atoms with van der Waals surface area (Å²) in [6.07, 6.45) is 6.77. The SMILES string of the molecule is COc1cnccc1C(/C=C(\C)Cc1ccc(C)cc1)=N/C1CN1. The number of rotatable bonds is 6. The van der Waals surface area contributed by atoms with Crippen LogP contribution in [-0.2, 0) is 6.42 Å². The van der Waals surface area contributed by atoms with E-state index in [2.05, 4.69) is 54.5 Å². The summed E-state index contributed by atoms with van der Waals surface area (Å²) < 4.78 is 5.45. The minimum atomic E-state index is 0.210. The summed E-state index contributed by atoms with van der Waals surface area (Å²) >= 11 is 0. The fraction of sp³-hybridized carbons (Fsp3) is 0.300. The third-order valence-electron chi connectivity index (χ3n) is 3.95. The van der Waals surface area contributed by atoms with Gasteiger partial charge in [0.15, 0.2) is 0 Å². The molecule has 4 heteroatoms. The summed E-state index contributed by atoms with van der Waals surface area (Å²) in [5.74, 6) is 0.747. The first-order chi connectivity index (χ1) is 11.7. The topological polar surface area (TPSA) is 56.4 Å². The zero-order valence-corrected chi connectivity index (χ0v) is 14.4. The van der Waals surface area contributed by atoms with E-state index in [0.717, 1.165) is 30.0 Å². The molecule has 0 bridgehead atoms. The molecule has 0 aliphatic carbocycles. The Morgan fingerprint density at radius 1 is 1.33 bits per heavy atom. The first-order valence-corrected chi connectivity index (χ1v) is 8.18. The molecule has 24 heavy (non-hydrogen) atoms. The molecule has 1 aliphatic rings. The second-order valence-electron chi connectivity index (χ2n) is 6.17. The van der Waals surface area contributed by atoms with Crippen molar-refractivity contribution in [2.45, 2.75) is 26.4 Å². The predicted octanol–water partition coefficient (Wildman–Crippen LogP) is 3.31. The summed E-state index contributed by atoms with van der Waals surface area (Å²) in [5, 5.41) is 3.23. The van der Waals surface area contributed by atoms with E-state index in [9.17, 15) is 0 Å². The minimum absolute atomic E-state index is 0.210. The number of methoxy groups -OCH3 is 1. The van der Waals surface area contributed by atoms with Crippen molar-refractivity contribution >= 4 is 5.71 Å². The van der Waals surface area contributed by atoms with Gasteiger partial charge in [-0.1, -0.05) is 35.4 Å². The molecule has 2 aromatic rings.